The number of benzene rings is 2. The van der Waals surface area contributed by atoms with E-state index in [0.717, 1.165) is 22.6 Å². The molecule has 1 atom stereocenters. The first kappa shape index (κ1) is 18.7. The molecule has 5 nitrogen and oxygen atoms in total. The molecule has 1 heterocycles. The fourth-order valence-corrected chi connectivity index (χ4v) is 3.06. The topological polar surface area (TPSA) is 50.2 Å². The monoisotopic (exact) mass is 362 g/mol. The van der Waals surface area contributed by atoms with Crippen molar-refractivity contribution in [3.8, 4) is 5.69 Å². The highest BCUT2D eigenvalue weighted by Crippen LogP contribution is 2.21. The Morgan fingerprint density at radius 3 is 2.26 bits per heavy atom. The van der Waals surface area contributed by atoms with Gasteiger partial charge in [-0.1, -0.05) is 17.7 Å². The van der Waals surface area contributed by atoms with Crippen molar-refractivity contribution in [1.29, 1.82) is 0 Å². The zero-order valence-corrected chi connectivity index (χ0v) is 16.5. The normalized spacial score (nSPS) is 11.9. The van der Waals surface area contributed by atoms with Crippen LogP contribution < -0.4 is 10.2 Å². The van der Waals surface area contributed by atoms with E-state index in [1.54, 1.807) is 0 Å². The quantitative estimate of drug-likeness (QED) is 0.745. The number of anilines is 1. The van der Waals surface area contributed by atoms with Gasteiger partial charge in [0.05, 0.1) is 17.9 Å². The van der Waals surface area contributed by atoms with Crippen LogP contribution >= 0.6 is 0 Å². The molecule has 1 aromatic heterocycles. The first-order valence-electron chi connectivity index (χ1n) is 9.06. The smallest absolute Gasteiger partial charge is 0.251 e. The Labute approximate surface area is 160 Å². The molecule has 2 aromatic carbocycles. The third-order valence-corrected chi connectivity index (χ3v) is 4.79. The number of rotatable bonds is 5. The van der Waals surface area contributed by atoms with Crippen LogP contribution in [0.4, 0.5) is 5.69 Å². The van der Waals surface area contributed by atoms with Gasteiger partial charge in [0, 0.05) is 36.6 Å². The van der Waals surface area contributed by atoms with Crippen molar-refractivity contribution in [2.24, 2.45) is 0 Å². The molecule has 140 valence electrons. The molecular weight excluding hydrogens is 336 g/mol. The predicted octanol–water partition coefficient (Wildman–Crippen LogP) is 4.05. The number of nitrogens with one attached hydrogen (secondary N) is 1. The Morgan fingerprint density at radius 2 is 1.67 bits per heavy atom. The van der Waals surface area contributed by atoms with Crippen molar-refractivity contribution < 1.29 is 4.79 Å². The van der Waals surface area contributed by atoms with Crippen molar-refractivity contribution in [2.45, 2.75) is 26.8 Å². The number of carbonyl (C=O) groups is 1. The van der Waals surface area contributed by atoms with E-state index in [2.05, 4.69) is 41.6 Å². The van der Waals surface area contributed by atoms with E-state index in [0.29, 0.717) is 5.56 Å². The van der Waals surface area contributed by atoms with Crippen LogP contribution in [0.15, 0.2) is 54.7 Å². The Kier molecular flexibility index (Phi) is 5.31. The highest BCUT2D eigenvalue weighted by Gasteiger charge is 2.17. The number of hydrogen-bond donors (Lipinski definition) is 1. The number of amides is 1. The summed E-state index contributed by atoms with van der Waals surface area (Å²) in [4.78, 5) is 14.6. The fourth-order valence-electron chi connectivity index (χ4n) is 3.06. The van der Waals surface area contributed by atoms with Gasteiger partial charge in [0.2, 0.25) is 0 Å². The summed E-state index contributed by atoms with van der Waals surface area (Å²) < 4.78 is 1.91. The van der Waals surface area contributed by atoms with E-state index in [-0.39, 0.29) is 11.9 Å². The largest absolute Gasteiger partial charge is 0.378 e. The highest BCUT2D eigenvalue weighted by atomic mass is 16.1. The van der Waals surface area contributed by atoms with E-state index in [1.807, 2.05) is 68.0 Å². The standard InChI is InChI=1S/C22H26N4O/c1-15-6-10-20(11-7-15)26-17(3)21(14-23-26)16(2)24-22(27)18-8-12-19(13-9-18)25(4)5/h6-14,16H,1-5H3,(H,24,27)/t16-/m0/s1. The molecular formula is C22H26N4O. The van der Waals surface area contributed by atoms with Gasteiger partial charge in [-0.2, -0.15) is 5.10 Å². The number of hydrogen-bond acceptors (Lipinski definition) is 3. The Balaban J connectivity index is 1.75. The average molecular weight is 362 g/mol. The predicted molar refractivity (Wildman–Crippen MR) is 110 cm³/mol. The molecule has 0 unspecified atom stereocenters. The molecule has 3 rings (SSSR count). The second kappa shape index (κ2) is 7.66. The number of nitrogens with zero attached hydrogens (tertiary/aromatic N) is 3. The summed E-state index contributed by atoms with van der Waals surface area (Å²) >= 11 is 0. The van der Waals surface area contributed by atoms with Gasteiger partial charge >= 0.3 is 0 Å². The van der Waals surface area contributed by atoms with Crippen molar-refractivity contribution in [3.05, 3.63) is 77.1 Å². The summed E-state index contributed by atoms with van der Waals surface area (Å²) in [6, 6.07) is 15.7. The number of carbonyl (C=O) groups excluding carboxylic acids is 1. The molecule has 0 radical (unpaired) electrons. The first-order valence-corrected chi connectivity index (χ1v) is 9.06. The van der Waals surface area contributed by atoms with Crippen molar-refractivity contribution in [3.63, 3.8) is 0 Å². The van der Waals surface area contributed by atoms with Gasteiger partial charge in [-0.3, -0.25) is 4.79 Å². The lowest BCUT2D eigenvalue weighted by Gasteiger charge is -2.16. The van der Waals surface area contributed by atoms with Crippen LogP contribution in [-0.4, -0.2) is 29.8 Å². The minimum absolute atomic E-state index is 0.0877. The number of aromatic nitrogens is 2. The minimum atomic E-state index is -0.134. The second-order valence-corrected chi connectivity index (χ2v) is 7.07. The Bertz CT molecular complexity index is 924. The van der Waals surface area contributed by atoms with Gasteiger partial charge in [0.15, 0.2) is 0 Å². The lowest BCUT2D eigenvalue weighted by atomic mass is 10.1. The molecule has 1 N–H and O–H groups in total. The summed E-state index contributed by atoms with van der Waals surface area (Å²) in [5.41, 5.74) is 5.97. The van der Waals surface area contributed by atoms with Crippen LogP contribution in [0.1, 0.15) is 40.1 Å². The van der Waals surface area contributed by atoms with Crippen LogP contribution in [0.3, 0.4) is 0 Å². The van der Waals surface area contributed by atoms with Gasteiger partial charge in [-0.15, -0.1) is 0 Å². The molecule has 0 saturated heterocycles. The van der Waals surface area contributed by atoms with Crippen molar-refractivity contribution in [2.75, 3.05) is 19.0 Å². The maximum absolute atomic E-state index is 12.6. The molecule has 0 saturated carbocycles. The summed E-state index contributed by atoms with van der Waals surface area (Å²) in [5.74, 6) is -0.0877. The van der Waals surface area contributed by atoms with Crippen molar-refractivity contribution >= 4 is 11.6 Å². The van der Waals surface area contributed by atoms with Gasteiger partial charge in [-0.05, 0) is 57.2 Å². The van der Waals surface area contributed by atoms with E-state index in [4.69, 9.17) is 0 Å². The summed E-state index contributed by atoms with van der Waals surface area (Å²) in [5, 5.41) is 7.58. The van der Waals surface area contributed by atoms with Crippen LogP contribution in [0.25, 0.3) is 5.69 Å². The van der Waals surface area contributed by atoms with Crippen molar-refractivity contribution in [1.82, 2.24) is 15.1 Å². The summed E-state index contributed by atoms with van der Waals surface area (Å²) in [6.07, 6.45) is 1.83. The SMILES string of the molecule is Cc1ccc(-n2ncc([C@H](C)NC(=O)c3ccc(N(C)C)cc3)c2C)cc1. The summed E-state index contributed by atoms with van der Waals surface area (Å²) in [7, 11) is 3.96. The van der Waals surface area contributed by atoms with Crippen LogP contribution in [0.2, 0.25) is 0 Å². The second-order valence-electron chi connectivity index (χ2n) is 7.07. The average Bonchev–Trinajstić information content (AvgIpc) is 3.04. The maximum atomic E-state index is 12.6. The van der Waals surface area contributed by atoms with E-state index < -0.39 is 0 Å². The first-order chi connectivity index (χ1) is 12.9. The fraction of sp³-hybridized carbons (Fsp3) is 0.273. The zero-order valence-electron chi connectivity index (χ0n) is 16.5. The third kappa shape index (κ3) is 4.03. The highest BCUT2D eigenvalue weighted by molar-refractivity contribution is 5.94. The summed E-state index contributed by atoms with van der Waals surface area (Å²) in [6.45, 7) is 6.07. The van der Waals surface area contributed by atoms with Gasteiger partial charge in [-0.25, -0.2) is 4.68 Å². The molecule has 0 bridgehead atoms. The van der Waals surface area contributed by atoms with Crippen LogP contribution in [-0.2, 0) is 0 Å². The molecule has 0 fully saturated rings. The molecule has 3 aromatic rings. The van der Waals surface area contributed by atoms with E-state index in [9.17, 15) is 4.79 Å². The molecule has 0 aliphatic carbocycles. The molecule has 27 heavy (non-hydrogen) atoms. The lowest BCUT2D eigenvalue weighted by molar-refractivity contribution is 0.0940. The van der Waals surface area contributed by atoms with Gasteiger partial charge in [0.25, 0.3) is 5.91 Å². The Hall–Kier alpha value is -3.08. The van der Waals surface area contributed by atoms with E-state index >= 15 is 0 Å². The maximum Gasteiger partial charge on any atom is 0.251 e. The van der Waals surface area contributed by atoms with Crippen LogP contribution in [0.5, 0.6) is 0 Å². The number of aryl methyl sites for hydroxylation is 1. The third-order valence-electron chi connectivity index (χ3n) is 4.79. The molecule has 0 aliphatic heterocycles. The molecule has 1 amide bonds. The minimum Gasteiger partial charge on any atom is -0.378 e. The van der Waals surface area contributed by atoms with Crippen LogP contribution in [0, 0.1) is 13.8 Å². The molecule has 5 heteroatoms. The Morgan fingerprint density at radius 1 is 1.04 bits per heavy atom. The zero-order chi connectivity index (χ0) is 19.6. The van der Waals surface area contributed by atoms with Gasteiger partial charge in [0.1, 0.15) is 0 Å². The lowest BCUT2D eigenvalue weighted by Crippen LogP contribution is -2.27. The molecule has 0 aliphatic rings. The van der Waals surface area contributed by atoms with Gasteiger partial charge < -0.3 is 10.2 Å². The molecule has 0 spiro atoms. The van der Waals surface area contributed by atoms with E-state index in [1.165, 1.54) is 5.56 Å².